The van der Waals surface area contributed by atoms with E-state index in [1.54, 1.807) is 7.11 Å². The van der Waals surface area contributed by atoms with Crippen molar-refractivity contribution in [3.63, 3.8) is 0 Å². The predicted octanol–water partition coefficient (Wildman–Crippen LogP) is 3.14. The van der Waals surface area contributed by atoms with Crippen LogP contribution >= 0.6 is 24.0 Å². The van der Waals surface area contributed by atoms with E-state index >= 15 is 0 Å². The van der Waals surface area contributed by atoms with Gasteiger partial charge in [-0.2, -0.15) is 0 Å². The summed E-state index contributed by atoms with van der Waals surface area (Å²) in [5.74, 6) is 1.71. The van der Waals surface area contributed by atoms with E-state index in [9.17, 15) is 0 Å². The molecule has 6 heteroatoms. The summed E-state index contributed by atoms with van der Waals surface area (Å²) in [7, 11) is 1.71. The van der Waals surface area contributed by atoms with Crippen LogP contribution in [0.4, 0.5) is 0 Å². The number of aliphatic imine (C=N–C) groups is 1. The molecule has 2 rings (SSSR count). The van der Waals surface area contributed by atoms with Gasteiger partial charge in [-0.1, -0.05) is 19.8 Å². The van der Waals surface area contributed by atoms with Crippen LogP contribution in [0.3, 0.4) is 0 Å². The first kappa shape index (κ1) is 22.0. The van der Waals surface area contributed by atoms with Gasteiger partial charge in [0.15, 0.2) is 5.96 Å². The second kappa shape index (κ2) is 11.5. The number of likely N-dealkylation sites (tertiary alicyclic amines) is 1. The van der Waals surface area contributed by atoms with Gasteiger partial charge in [0, 0.05) is 39.2 Å². The first-order valence-corrected chi connectivity index (χ1v) is 9.27. The molecule has 1 saturated carbocycles. The number of hydrogen-bond donors (Lipinski definition) is 1. The maximum Gasteiger partial charge on any atom is 0.193 e. The van der Waals surface area contributed by atoms with Crippen LogP contribution in [0.5, 0.6) is 0 Å². The maximum atomic E-state index is 5.69. The number of methoxy groups -OCH3 is 1. The number of rotatable bonds is 8. The van der Waals surface area contributed by atoms with Crippen molar-refractivity contribution >= 4 is 29.9 Å². The van der Waals surface area contributed by atoms with Gasteiger partial charge in [-0.3, -0.25) is 4.99 Å². The fourth-order valence-corrected chi connectivity index (χ4v) is 3.63. The summed E-state index contributed by atoms with van der Waals surface area (Å²) in [6.45, 7) is 10.8. The van der Waals surface area contributed by atoms with E-state index in [1.165, 1.54) is 32.1 Å². The van der Waals surface area contributed by atoms with Crippen LogP contribution in [0.15, 0.2) is 4.99 Å². The van der Waals surface area contributed by atoms with E-state index in [2.05, 4.69) is 24.1 Å². The number of nitrogens with one attached hydrogen (secondary N) is 1. The standard InChI is InChI=1S/C18H35N3O2.HI/c1-4-19-17(20-15-18(2)8-5-6-9-18)21-10-7-16(13-21)14-23-12-11-22-3;/h16H,4-15H2,1-3H3,(H,19,20);1H. The maximum absolute atomic E-state index is 5.69. The fourth-order valence-electron chi connectivity index (χ4n) is 3.63. The number of guanidine groups is 1. The Morgan fingerprint density at radius 2 is 2.04 bits per heavy atom. The summed E-state index contributed by atoms with van der Waals surface area (Å²) in [5, 5.41) is 3.48. The average molecular weight is 453 g/mol. The zero-order valence-electron chi connectivity index (χ0n) is 15.7. The van der Waals surface area contributed by atoms with Crippen LogP contribution in [-0.4, -0.2) is 64.0 Å². The van der Waals surface area contributed by atoms with Gasteiger partial charge in [0.2, 0.25) is 0 Å². The lowest BCUT2D eigenvalue weighted by Gasteiger charge is -2.25. The van der Waals surface area contributed by atoms with Crippen LogP contribution in [0.25, 0.3) is 0 Å². The van der Waals surface area contributed by atoms with Crippen molar-refractivity contribution in [3.8, 4) is 0 Å². The van der Waals surface area contributed by atoms with Crippen LogP contribution < -0.4 is 5.32 Å². The molecule has 0 radical (unpaired) electrons. The average Bonchev–Trinajstić information content (AvgIpc) is 3.18. The third-order valence-electron chi connectivity index (χ3n) is 5.13. The summed E-state index contributed by atoms with van der Waals surface area (Å²) >= 11 is 0. The highest BCUT2D eigenvalue weighted by Gasteiger charge is 2.30. The molecule has 2 aliphatic rings. The molecule has 0 amide bonds. The summed E-state index contributed by atoms with van der Waals surface area (Å²) in [6, 6.07) is 0. The molecule has 2 fully saturated rings. The zero-order chi connectivity index (χ0) is 16.5. The summed E-state index contributed by atoms with van der Waals surface area (Å²) in [6.07, 6.45) is 6.58. The van der Waals surface area contributed by atoms with E-state index in [1.807, 2.05) is 0 Å². The zero-order valence-corrected chi connectivity index (χ0v) is 18.0. The van der Waals surface area contributed by atoms with Crippen molar-refractivity contribution < 1.29 is 9.47 Å². The fraction of sp³-hybridized carbons (Fsp3) is 0.944. The van der Waals surface area contributed by atoms with E-state index in [0.717, 1.165) is 38.7 Å². The molecule has 0 bridgehead atoms. The molecule has 142 valence electrons. The van der Waals surface area contributed by atoms with Gasteiger partial charge in [0.25, 0.3) is 0 Å². The minimum Gasteiger partial charge on any atom is -0.382 e. The third-order valence-corrected chi connectivity index (χ3v) is 5.13. The van der Waals surface area contributed by atoms with Gasteiger partial charge in [-0.05, 0) is 31.6 Å². The normalized spacial score (nSPS) is 23.4. The van der Waals surface area contributed by atoms with Crippen molar-refractivity contribution in [1.29, 1.82) is 0 Å². The van der Waals surface area contributed by atoms with Gasteiger partial charge in [0.05, 0.1) is 19.8 Å². The molecular weight excluding hydrogens is 417 g/mol. The molecule has 5 nitrogen and oxygen atoms in total. The Morgan fingerprint density at radius 1 is 1.29 bits per heavy atom. The highest BCUT2D eigenvalue weighted by Crippen LogP contribution is 2.37. The number of nitrogens with zero attached hydrogens (tertiary/aromatic N) is 2. The van der Waals surface area contributed by atoms with Gasteiger partial charge >= 0.3 is 0 Å². The Labute approximate surface area is 165 Å². The molecular formula is C18H36IN3O2. The van der Waals surface area contributed by atoms with Gasteiger partial charge in [0.1, 0.15) is 0 Å². The Bertz CT molecular complexity index is 373. The smallest absolute Gasteiger partial charge is 0.193 e. The van der Waals surface area contributed by atoms with Crippen molar-refractivity contribution in [1.82, 2.24) is 10.2 Å². The molecule has 1 saturated heterocycles. The molecule has 1 aliphatic carbocycles. The van der Waals surface area contributed by atoms with Crippen LogP contribution in [0.1, 0.15) is 46.0 Å². The molecule has 0 aromatic carbocycles. The van der Waals surface area contributed by atoms with Crippen LogP contribution in [0.2, 0.25) is 0 Å². The van der Waals surface area contributed by atoms with Crippen LogP contribution in [-0.2, 0) is 9.47 Å². The van der Waals surface area contributed by atoms with Crippen LogP contribution in [0, 0.1) is 11.3 Å². The number of ether oxygens (including phenoxy) is 2. The largest absolute Gasteiger partial charge is 0.382 e. The Balaban J connectivity index is 0.00000288. The molecule has 1 N–H and O–H groups in total. The highest BCUT2D eigenvalue weighted by molar-refractivity contribution is 14.0. The first-order valence-electron chi connectivity index (χ1n) is 9.27. The third kappa shape index (κ3) is 7.04. The van der Waals surface area contributed by atoms with E-state index < -0.39 is 0 Å². The molecule has 24 heavy (non-hydrogen) atoms. The summed E-state index contributed by atoms with van der Waals surface area (Å²) < 4.78 is 10.7. The lowest BCUT2D eigenvalue weighted by atomic mass is 9.89. The molecule has 1 atom stereocenters. The summed E-state index contributed by atoms with van der Waals surface area (Å²) in [5.41, 5.74) is 0.420. The summed E-state index contributed by atoms with van der Waals surface area (Å²) in [4.78, 5) is 7.37. The second-order valence-corrected chi connectivity index (χ2v) is 7.36. The van der Waals surface area contributed by atoms with Gasteiger partial charge < -0.3 is 19.7 Å². The molecule has 0 aromatic rings. The molecule has 0 spiro atoms. The number of halogens is 1. The topological polar surface area (TPSA) is 46.1 Å². The van der Waals surface area contributed by atoms with Gasteiger partial charge in [-0.25, -0.2) is 0 Å². The van der Waals surface area contributed by atoms with Crippen molar-refractivity contribution in [2.24, 2.45) is 16.3 Å². The molecule has 1 aliphatic heterocycles. The highest BCUT2D eigenvalue weighted by atomic mass is 127. The molecule has 0 aromatic heterocycles. The predicted molar refractivity (Wildman–Crippen MR) is 110 cm³/mol. The van der Waals surface area contributed by atoms with E-state index in [4.69, 9.17) is 14.5 Å². The van der Waals surface area contributed by atoms with E-state index in [-0.39, 0.29) is 24.0 Å². The van der Waals surface area contributed by atoms with Gasteiger partial charge in [-0.15, -0.1) is 24.0 Å². The minimum absolute atomic E-state index is 0. The van der Waals surface area contributed by atoms with E-state index in [0.29, 0.717) is 24.5 Å². The quantitative estimate of drug-likeness (QED) is 0.266. The minimum atomic E-state index is 0. The monoisotopic (exact) mass is 453 g/mol. The lowest BCUT2D eigenvalue weighted by molar-refractivity contribution is 0.0536. The Hall–Kier alpha value is -0.0800. The Kier molecular flexibility index (Phi) is 10.5. The SMILES string of the molecule is CCNC(=NCC1(C)CCCC1)N1CCC(COCCOC)C1.I. The molecule has 1 heterocycles. The van der Waals surface area contributed by atoms with Crippen molar-refractivity contribution in [2.45, 2.75) is 46.0 Å². The second-order valence-electron chi connectivity index (χ2n) is 7.36. The Morgan fingerprint density at radius 3 is 2.71 bits per heavy atom. The molecule has 1 unspecified atom stereocenters. The van der Waals surface area contributed by atoms with Crippen molar-refractivity contribution in [3.05, 3.63) is 0 Å². The van der Waals surface area contributed by atoms with Crippen molar-refractivity contribution in [2.75, 3.05) is 53.1 Å². The first-order chi connectivity index (χ1) is 11.2. The number of hydrogen-bond acceptors (Lipinski definition) is 3. The lowest BCUT2D eigenvalue weighted by Crippen LogP contribution is -2.41.